The number of benzene rings is 1. The predicted octanol–water partition coefficient (Wildman–Crippen LogP) is 3.34. The van der Waals surface area contributed by atoms with Gasteiger partial charge in [-0.2, -0.15) is 0 Å². The Labute approximate surface area is 120 Å². The Balaban J connectivity index is 1.77. The van der Waals surface area contributed by atoms with E-state index in [1.807, 2.05) is 0 Å². The molecule has 1 N–H and O–H groups in total. The molecule has 2 aromatic rings. The molecule has 106 valence electrons. The molecule has 0 saturated heterocycles. The van der Waals surface area contributed by atoms with Crippen LogP contribution in [0.2, 0.25) is 0 Å². The topological polar surface area (TPSA) is 28.4 Å². The van der Waals surface area contributed by atoms with Crippen LogP contribution in [0.15, 0.2) is 41.0 Å². The molecule has 1 aromatic heterocycles. The summed E-state index contributed by atoms with van der Waals surface area (Å²) in [5.41, 5.74) is 4.10. The first-order valence-corrected chi connectivity index (χ1v) is 7.47. The zero-order valence-corrected chi connectivity index (χ0v) is 12.1. The molecular weight excluding hydrogens is 248 g/mol. The fourth-order valence-corrected chi connectivity index (χ4v) is 2.87. The summed E-state index contributed by atoms with van der Waals surface area (Å²) >= 11 is 0. The van der Waals surface area contributed by atoms with Crippen molar-refractivity contribution in [3.63, 3.8) is 0 Å². The van der Waals surface area contributed by atoms with Gasteiger partial charge < -0.3 is 14.6 Å². The smallest absolute Gasteiger partial charge is 0.127 e. The molecule has 0 radical (unpaired) electrons. The van der Waals surface area contributed by atoms with Gasteiger partial charge in [0.2, 0.25) is 0 Å². The number of nitrogens with zero attached hydrogens (tertiary/aromatic N) is 1. The monoisotopic (exact) mass is 270 g/mol. The number of rotatable bonds is 5. The van der Waals surface area contributed by atoms with Crippen molar-refractivity contribution in [3.8, 4) is 0 Å². The van der Waals surface area contributed by atoms with Crippen LogP contribution >= 0.6 is 0 Å². The van der Waals surface area contributed by atoms with Gasteiger partial charge in [0.25, 0.3) is 0 Å². The molecule has 1 aliphatic heterocycles. The minimum atomic E-state index is 0.866. The van der Waals surface area contributed by atoms with E-state index in [0.29, 0.717) is 0 Å². The summed E-state index contributed by atoms with van der Waals surface area (Å²) in [7, 11) is 0. The zero-order chi connectivity index (χ0) is 13.8. The second-order valence-electron chi connectivity index (χ2n) is 5.30. The Hall–Kier alpha value is -1.74. The lowest BCUT2D eigenvalue weighted by Crippen LogP contribution is -2.29. The Bertz CT molecular complexity index is 562. The summed E-state index contributed by atoms with van der Waals surface area (Å²) in [6, 6.07) is 10.8. The molecule has 2 heterocycles. The lowest BCUT2D eigenvalue weighted by molar-refractivity contribution is 0.490. The van der Waals surface area contributed by atoms with Gasteiger partial charge in [-0.3, -0.25) is 0 Å². The van der Waals surface area contributed by atoms with Crippen molar-refractivity contribution in [2.45, 2.75) is 32.9 Å². The fraction of sp³-hybridized carbons (Fsp3) is 0.412. The van der Waals surface area contributed by atoms with Crippen LogP contribution in [0.25, 0.3) is 0 Å². The summed E-state index contributed by atoms with van der Waals surface area (Å²) in [4.78, 5) is 2.44. The molecule has 0 saturated carbocycles. The first-order valence-electron chi connectivity index (χ1n) is 7.47. The van der Waals surface area contributed by atoms with Gasteiger partial charge in [-0.25, -0.2) is 0 Å². The molecule has 0 atom stereocenters. The van der Waals surface area contributed by atoms with E-state index in [-0.39, 0.29) is 0 Å². The number of para-hydroxylation sites is 1. The summed E-state index contributed by atoms with van der Waals surface area (Å²) in [6.45, 7) is 5.97. The molecule has 0 amide bonds. The van der Waals surface area contributed by atoms with E-state index in [9.17, 15) is 0 Å². The summed E-state index contributed by atoms with van der Waals surface area (Å²) < 4.78 is 5.70. The molecular formula is C17H22N2O. The Morgan fingerprint density at radius 1 is 1.25 bits per heavy atom. The molecule has 0 unspecified atom stereocenters. The second-order valence-corrected chi connectivity index (χ2v) is 5.30. The highest BCUT2D eigenvalue weighted by atomic mass is 16.3. The summed E-state index contributed by atoms with van der Waals surface area (Å²) in [6.07, 6.45) is 4.22. The minimum absolute atomic E-state index is 0.866. The normalized spacial score (nSPS) is 14.3. The number of anilines is 1. The largest absolute Gasteiger partial charge is 0.467 e. The van der Waals surface area contributed by atoms with Gasteiger partial charge in [0, 0.05) is 24.3 Å². The maximum absolute atomic E-state index is 5.70. The van der Waals surface area contributed by atoms with Gasteiger partial charge in [0.1, 0.15) is 5.76 Å². The van der Waals surface area contributed by atoms with Crippen LogP contribution in [-0.2, 0) is 19.5 Å². The number of hydrogen-bond acceptors (Lipinski definition) is 3. The third-order valence-corrected chi connectivity index (χ3v) is 3.94. The van der Waals surface area contributed by atoms with Crippen LogP contribution < -0.4 is 10.2 Å². The molecule has 0 spiro atoms. The van der Waals surface area contributed by atoms with Crippen LogP contribution in [0.3, 0.4) is 0 Å². The van der Waals surface area contributed by atoms with E-state index in [2.05, 4.69) is 47.5 Å². The molecule has 20 heavy (non-hydrogen) atoms. The average Bonchev–Trinajstić information content (AvgIpc) is 2.93. The Morgan fingerprint density at radius 2 is 2.15 bits per heavy atom. The minimum Gasteiger partial charge on any atom is -0.467 e. The number of furan rings is 1. The molecule has 0 bridgehead atoms. The molecule has 3 heteroatoms. The van der Waals surface area contributed by atoms with Crippen molar-refractivity contribution in [3.05, 3.63) is 53.5 Å². The van der Waals surface area contributed by atoms with Gasteiger partial charge in [-0.1, -0.05) is 25.1 Å². The van der Waals surface area contributed by atoms with Gasteiger partial charge >= 0.3 is 0 Å². The van der Waals surface area contributed by atoms with E-state index in [1.165, 1.54) is 29.7 Å². The van der Waals surface area contributed by atoms with Gasteiger partial charge in [-0.05, 0) is 37.1 Å². The van der Waals surface area contributed by atoms with Crippen LogP contribution in [-0.4, -0.2) is 13.1 Å². The van der Waals surface area contributed by atoms with Crippen LogP contribution in [0.4, 0.5) is 5.69 Å². The highest BCUT2D eigenvalue weighted by Gasteiger charge is 2.18. The van der Waals surface area contributed by atoms with Gasteiger partial charge in [0.15, 0.2) is 0 Å². The molecule has 0 fully saturated rings. The summed E-state index contributed by atoms with van der Waals surface area (Å²) in [5, 5.41) is 3.37. The highest BCUT2D eigenvalue weighted by molar-refractivity contribution is 5.55. The maximum atomic E-state index is 5.70. The Morgan fingerprint density at radius 3 is 3.05 bits per heavy atom. The number of nitrogens with one attached hydrogen (secondary N) is 1. The Kier molecular flexibility index (Phi) is 4.07. The van der Waals surface area contributed by atoms with Gasteiger partial charge in [0.05, 0.1) is 12.8 Å². The SMILES string of the molecule is CCNCc1ccoc1CN1CCCc2ccccc21. The zero-order valence-electron chi connectivity index (χ0n) is 12.1. The van der Waals surface area contributed by atoms with E-state index < -0.39 is 0 Å². The van der Waals surface area contributed by atoms with Crippen molar-refractivity contribution in [2.24, 2.45) is 0 Å². The molecule has 1 aromatic carbocycles. The number of fused-ring (bicyclic) bond motifs is 1. The van der Waals surface area contributed by atoms with Crippen molar-refractivity contribution < 1.29 is 4.42 Å². The third-order valence-electron chi connectivity index (χ3n) is 3.94. The average molecular weight is 270 g/mol. The first-order chi connectivity index (χ1) is 9.88. The van der Waals surface area contributed by atoms with Crippen molar-refractivity contribution in [1.29, 1.82) is 0 Å². The van der Waals surface area contributed by atoms with Crippen LogP contribution in [0.1, 0.15) is 30.2 Å². The van der Waals surface area contributed by atoms with E-state index in [1.54, 1.807) is 6.26 Å². The van der Waals surface area contributed by atoms with Crippen LogP contribution in [0.5, 0.6) is 0 Å². The first kappa shape index (κ1) is 13.3. The lowest BCUT2D eigenvalue weighted by atomic mass is 10.0. The lowest BCUT2D eigenvalue weighted by Gasteiger charge is -2.30. The van der Waals surface area contributed by atoms with E-state index in [4.69, 9.17) is 4.42 Å². The highest BCUT2D eigenvalue weighted by Crippen LogP contribution is 2.28. The molecule has 0 aliphatic carbocycles. The van der Waals surface area contributed by atoms with Crippen LogP contribution in [0, 0.1) is 0 Å². The maximum Gasteiger partial charge on any atom is 0.127 e. The fourth-order valence-electron chi connectivity index (χ4n) is 2.87. The van der Waals surface area contributed by atoms with E-state index >= 15 is 0 Å². The quantitative estimate of drug-likeness (QED) is 0.903. The van der Waals surface area contributed by atoms with E-state index in [0.717, 1.165) is 31.9 Å². The number of aryl methyl sites for hydroxylation is 1. The number of hydrogen-bond donors (Lipinski definition) is 1. The summed E-state index contributed by atoms with van der Waals surface area (Å²) in [5.74, 6) is 1.09. The van der Waals surface area contributed by atoms with Gasteiger partial charge in [-0.15, -0.1) is 0 Å². The second kappa shape index (κ2) is 6.14. The van der Waals surface area contributed by atoms with Crippen molar-refractivity contribution in [1.82, 2.24) is 5.32 Å². The molecule has 3 rings (SSSR count). The van der Waals surface area contributed by atoms with Crippen molar-refractivity contribution >= 4 is 5.69 Å². The van der Waals surface area contributed by atoms with Crippen molar-refractivity contribution in [2.75, 3.05) is 18.0 Å². The third kappa shape index (κ3) is 2.73. The standard InChI is InChI=1S/C17H22N2O/c1-2-18-12-15-9-11-20-17(15)13-19-10-5-7-14-6-3-4-8-16(14)19/h3-4,6,8-9,11,18H,2,5,7,10,12-13H2,1H3. The molecule has 1 aliphatic rings. The molecule has 3 nitrogen and oxygen atoms in total. The predicted molar refractivity (Wildman–Crippen MR) is 81.9 cm³/mol.